The monoisotopic (exact) mass is 199 g/mol. The molecule has 1 fully saturated rings. The average Bonchev–Trinajstić information content (AvgIpc) is 2.08. The predicted octanol–water partition coefficient (Wildman–Crippen LogP) is 1.97. The summed E-state index contributed by atoms with van der Waals surface area (Å²) in [7, 11) is 0. The fourth-order valence-electron chi connectivity index (χ4n) is 2.17. The molecule has 0 unspecified atom stereocenters. The summed E-state index contributed by atoms with van der Waals surface area (Å²) in [5, 5.41) is 8.79. The van der Waals surface area contributed by atoms with Crippen molar-refractivity contribution in [3.8, 4) is 0 Å². The molecule has 0 saturated carbocycles. The Balaban J connectivity index is 2.36. The number of aliphatic carboxylic acids is 1. The highest BCUT2D eigenvalue weighted by Crippen LogP contribution is 2.34. The van der Waals surface area contributed by atoms with Crippen LogP contribution in [0.5, 0.6) is 0 Å². The SMILES string of the molecule is CCCN1CCC(C)(CC(=O)O)CC1. The van der Waals surface area contributed by atoms with Crippen LogP contribution in [0.2, 0.25) is 0 Å². The molecule has 1 N–H and O–H groups in total. The number of carboxylic acids is 1. The lowest BCUT2D eigenvalue weighted by molar-refractivity contribution is -0.140. The maximum absolute atomic E-state index is 10.7. The number of carboxylic acid groups (broad SMARTS) is 1. The molecule has 82 valence electrons. The summed E-state index contributed by atoms with van der Waals surface area (Å²) >= 11 is 0. The van der Waals surface area contributed by atoms with Crippen LogP contribution < -0.4 is 0 Å². The van der Waals surface area contributed by atoms with Crippen LogP contribution in [0.3, 0.4) is 0 Å². The normalized spacial score (nSPS) is 22.1. The molecule has 0 aromatic carbocycles. The Morgan fingerprint density at radius 1 is 1.43 bits per heavy atom. The second-order valence-electron chi connectivity index (χ2n) is 4.72. The third kappa shape index (κ3) is 3.29. The second-order valence-corrected chi connectivity index (χ2v) is 4.72. The van der Waals surface area contributed by atoms with Crippen LogP contribution in [0, 0.1) is 5.41 Å². The minimum atomic E-state index is -0.656. The van der Waals surface area contributed by atoms with Gasteiger partial charge in [-0.15, -0.1) is 0 Å². The van der Waals surface area contributed by atoms with Crippen molar-refractivity contribution in [1.29, 1.82) is 0 Å². The zero-order valence-electron chi connectivity index (χ0n) is 9.25. The summed E-state index contributed by atoms with van der Waals surface area (Å²) in [5.74, 6) is -0.656. The van der Waals surface area contributed by atoms with Crippen molar-refractivity contribution in [2.24, 2.45) is 5.41 Å². The van der Waals surface area contributed by atoms with E-state index in [0.717, 1.165) is 32.5 Å². The molecule has 0 aromatic heterocycles. The Hall–Kier alpha value is -0.570. The molecule has 1 rings (SSSR count). The quantitative estimate of drug-likeness (QED) is 0.752. The minimum absolute atomic E-state index is 0.0378. The van der Waals surface area contributed by atoms with E-state index in [1.54, 1.807) is 0 Å². The van der Waals surface area contributed by atoms with Crippen molar-refractivity contribution < 1.29 is 9.90 Å². The number of carbonyl (C=O) groups is 1. The van der Waals surface area contributed by atoms with Crippen LogP contribution >= 0.6 is 0 Å². The topological polar surface area (TPSA) is 40.5 Å². The van der Waals surface area contributed by atoms with Crippen LogP contribution in [-0.4, -0.2) is 35.6 Å². The average molecular weight is 199 g/mol. The van der Waals surface area contributed by atoms with Gasteiger partial charge in [-0.05, 0) is 44.3 Å². The molecule has 0 radical (unpaired) electrons. The van der Waals surface area contributed by atoms with Crippen LogP contribution in [0.1, 0.15) is 39.5 Å². The standard InChI is InChI=1S/C11H21NO2/c1-3-6-12-7-4-11(2,5-8-12)9-10(13)14/h3-9H2,1-2H3,(H,13,14). The lowest BCUT2D eigenvalue weighted by atomic mass is 9.77. The van der Waals surface area contributed by atoms with E-state index in [-0.39, 0.29) is 5.41 Å². The Morgan fingerprint density at radius 2 is 2.00 bits per heavy atom. The molecule has 3 nitrogen and oxygen atoms in total. The molecule has 1 aliphatic rings. The summed E-state index contributed by atoms with van der Waals surface area (Å²) in [6.07, 6.45) is 3.57. The molecule has 1 saturated heterocycles. The van der Waals surface area contributed by atoms with E-state index in [2.05, 4.69) is 18.7 Å². The van der Waals surface area contributed by atoms with E-state index < -0.39 is 5.97 Å². The summed E-state index contributed by atoms with van der Waals surface area (Å²) < 4.78 is 0. The highest BCUT2D eigenvalue weighted by atomic mass is 16.4. The number of rotatable bonds is 4. The fourth-order valence-corrected chi connectivity index (χ4v) is 2.17. The van der Waals surface area contributed by atoms with E-state index >= 15 is 0 Å². The minimum Gasteiger partial charge on any atom is -0.481 e. The van der Waals surface area contributed by atoms with Crippen molar-refractivity contribution >= 4 is 5.97 Å². The molecule has 0 spiro atoms. The van der Waals surface area contributed by atoms with Gasteiger partial charge in [0.15, 0.2) is 0 Å². The Labute approximate surface area is 86.1 Å². The van der Waals surface area contributed by atoms with Crippen LogP contribution in [0.25, 0.3) is 0 Å². The van der Waals surface area contributed by atoms with Gasteiger partial charge < -0.3 is 10.0 Å². The molecule has 0 aromatic rings. The highest BCUT2D eigenvalue weighted by molar-refractivity contribution is 5.67. The fraction of sp³-hybridized carbons (Fsp3) is 0.909. The van der Waals surface area contributed by atoms with Gasteiger partial charge in [0.05, 0.1) is 6.42 Å². The lowest BCUT2D eigenvalue weighted by Gasteiger charge is -2.38. The van der Waals surface area contributed by atoms with Gasteiger partial charge in [0, 0.05) is 0 Å². The molecule has 1 heterocycles. The van der Waals surface area contributed by atoms with Crippen molar-refractivity contribution in [3.63, 3.8) is 0 Å². The summed E-state index contributed by atoms with van der Waals surface area (Å²) in [6, 6.07) is 0. The Morgan fingerprint density at radius 3 is 2.43 bits per heavy atom. The van der Waals surface area contributed by atoms with Gasteiger partial charge >= 0.3 is 5.97 Å². The molecular formula is C11H21NO2. The lowest BCUT2D eigenvalue weighted by Crippen LogP contribution is -2.39. The molecule has 0 bridgehead atoms. The zero-order valence-corrected chi connectivity index (χ0v) is 9.25. The van der Waals surface area contributed by atoms with Gasteiger partial charge in [0.1, 0.15) is 0 Å². The summed E-state index contributed by atoms with van der Waals surface area (Å²) in [6.45, 7) is 7.58. The van der Waals surface area contributed by atoms with E-state index in [1.165, 1.54) is 6.42 Å². The van der Waals surface area contributed by atoms with Crippen molar-refractivity contribution in [2.75, 3.05) is 19.6 Å². The maximum Gasteiger partial charge on any atom is 0.303 e. The van der Waals surface area contributed by atoms with E-state index in [0.29, 0.717) is 6.42 Å². The first-order valence-electron chi connectivity index (χ1n) is 5.50. The number of hydrogen-bond acceptors (Lipinski definition) is 2. The molecule has 0 atom stereocenters. The van der Waals surface area contributed by atoms with E-state index in [4.69, 9.17) is 5.11 Å². The van der Waals surface area contributed by atoms with E-state index in [9.17, 15) is 4.79 Å². The van der Waals surface area contributed by atoms with Gasteiger partial charge in [-0.2, -0.15) is 0 Å². The van der Waals surface area contributed by atoms with Gasteiger partial charge in [-0.25, -0.2) is 0 Å². The molecule has 1 aliphatic heterocycles. The number of nitrogens with zero attached hydrogens (tertiary/aromatic N) is 1. The molecular weight excluding hydrogens is 178 g/mol. The molecule has 14 heavy (non-hydrogen) atoms. The van der Waals surface area contributed by atoms with E-state index in [1.807, 2.05) is 0 Å². The third-order valence-corrected chi connectivity index (χ3v) is 3.18. The van der Waals surface area contributed by atoms with Crippen LogP contribution in [-0.2, 0) is 4.79 Å². The molecule has 0 aliphatic carbocycles. The zero-order chi connectivity index (χ0) is 10.6. The molecule has 3 heteroatoms. The largest absolute Gasteiger partial charge is 0.481 e. The second kappa shape index (κ2) is 4.78. The smallest absolute Gasteiger partial charge is 0.303 e. The van der Waals surface area contributed by atoms with Crippen LogP contribution in [0.15, 0.2) is 0 Å². The first-order chi connectivity index (χ1) is 6.56. The Kier molecular flexibility index (Phi) is 3.93. The van der Waals surface area contributed by atoms with Gasteiger partial charge in [-0.1, -0.05) is 13.8 Å². The van der Waals surface area contributed by atoms with Crippen molar-refractivity contribution in [3.05, 3.63) is 0 Å². The van der Waals surface area contributed by atoms with Gasteiger partial charge in [0.2, 0.25) is 0 Å². The highest BCUT2D eigenvalue weighted by Gasteiger charge is 2.31. The summed E-state index contributed by atoms with van der Waals surface area (Å²) in [4.78, 5) is 13.1. The third-order valence-electron chi connectivity index (χ3n) is 3.18. The number of hydrogen-bond donors (Lipinski definition) is 1. The van der Waals surface area contributed by atoms with Gasteiger partial charge in [-0.3, -0.25) is 4.79 Å². The maximum atomic E-state index is 10.7. The summed E-state index contributed by atoms with van der Waals surface area (Å²) in [5.41, 5.74) is 0.0378. The number of likely N-dealkylation sites (tertiary alicyclic amines) is 1. The Bertz CT molecular complexity index is 195. The first-order valence-corrected chi connectivity index (χ1v) is 5.50. The van der Waals surface area contributed by atoms with Gasteiger partial charge in [0.25, 0.3) is 0 Å². The predicted molar refractivity (Wildman–Crippen MR) is 56.3 cm³/mol. The molecule has 0 amide bonds. The first kappa shape index (κ1) is 11.5. The van der Waals surface area contributed by atoms with Crippen LogP contribution in [0.4, 0.5) is 0 Å². The van der Waals surface area contributed by atoms with Crippen molar-refractivity contribution in [1.82, 2.24) is 4.90 Å². The van der Waals surface area contributed by atoms with Crippen molar-refractivity contribution in [2.45, 2.75) is 39.5 Å². The number of piperidine rings is 1.